The van der Waals surface area contributed by atoms with Crippen LogP contribution in [-0.2, 0) is 11.4 Å². The standard InChI is InChI=1S/C22H19ClF2N2O4S/c1-12-2-3-20(31-5-4-26)15(6-12)14-9-19(18(25)10-17(14)24)27-32(30)21-8-13(11-28)7-16(23)22(21)29/h2-3,6-11,27,29H,4-5,26H2,1H3. The first-order valence-corrected chi connectivity index (χ1v) is 10.9. The summed E-state index contributed by atoms with van der Waals surface area (Å²) in [7, 11) is 0. The van der Waals surface area contributed by atoms with E-state index >= 15 is 0 Å². The molecular formula is C22H19ClF2N2O4S. The molecule has 0 bridgehead atoms. The van der Waals surface area contributed by atoms with E-state index in [2.05, 4.69) is 4.72 Å². The van der Waals surface area contributed by atoms with Gasteiger partial charge in [0.1, 0.15) is 41.5 Å². The predicted molar refractivity (Wildman–Crippen MR) is 120 cm³/mol. The first kappa shape index (κ1) is 23.8. The Morgan fingerprint density at radius 1 is 1.19 bits per heavy atom. The Morgan fingerprint density at radius 2 is 1.94 bits per heavy atom. The minimum absolute atomic E-state index is 0.00511. The molecule has 3 aromatic rings. The molecule has 1 atom stereocenters. The van der Waals surface area contributed by atoms with Gasteiger partial charge in [0, 0.05) is 35.4 Å². The lowest BCUT2D eigenvalue weighted by Crippen LogP contribution is -2.15. The van der Waals surface area contributed by atoms with Crippen molar-refractivity contribution in [2.24, 2.45) is 5.73 Å². The van der Waals surface area contributed by atoms with E-state index in [4.69, 9.17) is 22.1 Å². The van der Waals surface area contributed by atoms with Gasteiger partial charge in [-0.2, -0.15) is 0 Å². The number of benzene rings is 3. The zero-order valence-corrected chi connectivity index (χ0v) is 18.4. The smallest absolute Gasteiger partial charge is 0.223 e. The zero-order chi connectivity index (χ0) is 23.4. The van der Waals surface area contributed by atoms with Gasteiger partial charge >= 0.3 is 0 Å². The lowest BCUT2D eigenvalue weighted by atomic mass is 10.0. The number of carbonyl (C=O) groups excluding carboxylic acids is 1. The highest BCUT2D eigenvalue weighted by molar-refractivity contribution is 7.92. The highest BCUT2D eigenvalue weighted by atomic mass is 35.5. The Kier molecular flexibility index (Phi) is 7.57. The second-order valence-electron chi connectivity index (χ2n) is 6.79. The molecule has 0 saturated heterocycles. The highest BCUT2D eigenvalue weighted by Crippen LogP contribution is 2.37. The number of aldehydes is 1. The molecule has 0 aromatic heterocycles. The van der Waals surface area contributed by atoms with Crippen molar-refractivity contribution in [3.8, 4) is 22.6 Å². The maximum absolute atomic E-state index is 14.7. The monoisotopic (exact) mass is 480 g/mol. The van der Waals surface area contributed by atoms with Crippen LogP contribution in [0.4, 0.5) is 14.5 Å². The van der Waals surface area contributed by atoms with Crippen LogP contribution in [0.15, 0.2) is 47.4 Å². The van der Waals surface area contributed by atoms with Crippen molar-refractivity contribution in [1.29, 1.82) is 0 Å². The van der Waals surface area contributed by atoms with Crippen molar-refractivity contribution < 1.29 is 28.0 Å². The normalized spacial score (nSPS) is 11.8. The zero-order valence-electron chi connectivity index (χ0n) is 16.8. The van der Waals surface area contributed by atoms with Crippen LogP contribution in [0.1, 0.15) is 15.9 Å². The largest absolute Gasteiger partial charge is 0.588 e. The molecule has 0 radical (unpaired) electrons. The molecule has 32 heavy (non-hydrogen) atoms. The number of phenols is 1. The third kappa shape index (κ3) is 5.13. The van der Waals surface area contributed by atoms with Gasteiger partial charge < -0.3 is 20.1 Å². The first-order chi connectivity index (χ1) is 15.2. The number of nitrogens with one attached hydrogen (secondary N) is 1. The van der Waals surface area contributed by atoms with Crippen molar-refractivity contribution in [1.82, 2.24) is 0 Å². The van der Waals surface area contributed by atoms with Crippen molar-refractivity contribution in [3.63, 3.8) is 0 Å². The maximum Gasteiger partial charge on any atom is 0.223 e. The highest BCUT2D eigenvalue weighted by Gasteiger charge is 2.24. The second-order valence-corrected chi connectivity index (χ2v) is 8.38. The number of hydrogen-bond donors (Lipinski definition) is 3. The van der Waals surface area contributed by atoms with E-state index in [9.17, 15) is 23.2 Å². The van der Waals surface area contributed by atoms with E-state index in [-0.39, 0.29) is 39.9 Å². The van der Waals surface area contributed by atoms with Crippen molar-refractivity contribution in [2.75, 3.05) is 17.9 Å². The Labute approximate surface area is 191 Å². The molecule has 6 nitrogen and oxygen atoms in total. The van der Waals surface area contributed by atoms with E-state index in [1.54, 1.807) is 25.1 Å². The predicted octanol–water partition coefficient (Wildman–Crippen LogP) is 4.58. The molecule has 168 valence electrons. The van der Waals surface area contributed by atoms with Crippen molar-refractivity contribution >= 4 is 34.9 Å². The van der Waals surface area contributed by atoms with Crippen LogP contribution in [-0.4, -0.2) is 29.1 Å². The Morgan fingerprint density at radius 3 is 2.62 bits per heavy atom. The minimum Gasteiger partial charge on any atom is -0.588 e. The molecule has 0 aliphatic carbocycles. The molecule has 1 unspecified atom stereocenters. The van der Waals surface area contributed by atoms with E-state index in [1.165, 1.54) is 6.07 Å². The van der Waals surface area contributed by atoms with Crippen LogP contribution in [0.3, 0.4) is 0 Å². The maximum atomic E-state index is 14.7. The van der Waals surface area contributed by atoms with Crippen molar-refractivity contribution in [2.45, 2.75) is 11.8 Å². The third-order valence-electron chi connectivity index (χ3n) is 4.45. The summed E-state index contributed by atoms with van der Waals surface area (Å²) in [5, 5.41) is 9.91. The fraction of sp³-hybridized carbons (Fsp3) is 0.136. The lowest BCUT2D eigenvalue weighted by molar-refractivity contribution is 0.112. The molecule has 0 heterocycles. The van der Waals surface area contributed by atoms with E-state index < -0.39 is 28.7 Å². The molecule has 0 fully saturated rings. The number of phenolic OH excluding ortho intramolecular Hbond substituents is 1. The number of hydrogen-bond acceptors (Lipinski definition) is 6. The number of nitrogens with two attached hydrogens (primary N) is 1. The summed E-state index contributed by atoms with van der Waals surface area (Å²) >= 11 is 3.64. The average molecular weight is 481 g/mol. The summed E-state index contributed by atoms with van der Waals surface area (Å²) in [6.45, 7) is 2.25. The van der Waals surface area contributed by atoms with E-state index in [1.807, 2.05) is 0 Å². The van der Waals surface area contributed by atoms with Gasteiger partial charge in [-0.05, 0) is 31.2 Å². The Bertz CT molecular complexity index is 1160. The summed E-state index contributed by atoms with van der Waals surface area (Å²) in [4.78, 5) is 10.8. The van der Waals surface area contributed by atoms with E-state index in [0.29, 0.717) is 23.7 Å². The number of aryl methyl sites for hydroxylation is 1. The van der Waals surface area contributed by atoms with Crippen LogP contribution < -0.4 is 15.2 Å². The summed E-state index contributed by atoms with van der Waals surface area (Å²) in [5.74, 6) is -2.03. The van der Waals surface area contributed by atoms with Crippen LogP contribution in [0.5, 0.6) is 11.5 Å². The third-order valence-corrected chi connectivity index (χ3v) is 5.85. The van der Waals surface area contributed by atoms with Crippen LogP contribution in [0.2, 0.25) is 5.02 Å². The SMILES string of the molecule is Cc1ccc(OCCN)c(-c2cc(N[S+]([O-])c3cc(C=O)cc(Cl)c3O)c(F)cc2F)c1. The Hall–Kier alpha value is -2.85. The number of anilines is 1. The molecule has 0 amide bonds. The van der Waals surface area contributed by atoms with Crippen LogP contribution in [0.25, 0.3) is 11.1 Å². The summed E-state index contributed by atoms with van der Waals surface area (Å²) in [6.07, 6.45) is 0.462. The second kappa shape index (κ2) is 10.2. The summed E-state index contributed by atoms with van der Waals surface area (Å²) in [5.41, 5.74) is 6.43. The van der Waals surface area contributed by atoms with Gasteiger partial charge in [-0.1, -0.05) is 23.2 Å². The van der Waals surface area contributed by atoms with Gasteiger partial charge in [-0.15, -0.1) is 0 Å². The van der Waals surface area contributed by atoms with Gasteiger partial charge in [0.2, 0.25) is 4.90 Å². The topological polar surface area (TPSA) is 108 Å². The number of aromatic hydroxyl groups is 1. The number of carbonyl (C=O) groups is 1. The first-order valence-electron chi connectivity index (χ1n) is 9.34. The average Bonchev–Trinajstić information content (AvgIpc) is 2.76. The molecule has 0 spiro atoms. The fourth-order valence-corrected chi connectivity index (χ4v) is 4.22. The molecule has 0 saturated carbocycles. The van der Waals surface area contributed by atoms with Gasteiger partial charge in [0.25, 0.3) is 0 Å². The summed E-state index contributed by atoms with van der Waals surface area (Å²) in [6, 6.07) is 9.24. The van der Waals surface area contributed by atoms with Gasteiger partial charge in [0.05, 0.1) is 5.02 Å². The quantitative estimate of drug-likeness (QED) is 0.321. The van der Waals surface area contributed by atoms with E-state index in [0.717, 1.165) is 17.7 Å². The number of rotatable bonds is 8. The Balaban J connectivity index is 2.03. The molecule has 10 heteroatoms. The molecule has 0 aliphatic rings. The van der Waals surface area contributed by atoms with Gasteiger partial charge in [0.15, 0.2) is 11.6 Å². The number of halogens is 3. The summed E-state index contributed by atoms with van der Waals surface area (Å²) < 4.78 is 50.0. The fourth-order valence-electron chi connectivity index (χ4n) is 2.94. The van der Waals surface area contributed by atoms with Gasteiger partial charge in [-0.3, -0.25) is 4.79 Å². The minimum atomic E-state index is -2.22. The number of ether oxygens (including phenoxy) is 1. The van der Waals surface area contributed by atoms with Crippen LogP contribution >= 0.6 is 11.6 Å². The van der Waals surface area contributed by atoms with Gasteiger partial charge in [-0.25, -0.2) is 13.5 Å². The van der Waals surface area contributed by atoms with Crippen molar-refractivity contribution in [3.05, 3.63) is 70.2 Å². The van der Waals surface area contributed by atoms with Crippen LogP contribution in [0, 0.1) is 18.6 Å². The molecule has 4 N–H and O–H groups in total. The molecule has 3 aromatic carbocycles. The lowest BCUT2D eigenvalue weighted by Gasteiger charge is -2.17. The molecule has 3 rings (SSSR count). The molecular weight excluding hydrogens is 462 g/mol. The molecule has 0 aliphatic heterocycles.